The van der Waals surface area contributed by atoms with Crippen LogP contribution in [-0.4, -0.2) is 28.6 Å². The fourth-order valence-corrected chi connectivity index (χ4v) is 2.47. The van der Waals surface area contributed by atoms with Crippen molar-refractivity contribution in [3.63, 3.8) is 0 Å². The second-order valence-corrected chi connectivity index (χ2v) is 7.43. The number of carbonyl (C=O) groups is 1. The average molecular weight is 345 g/mol. The van der Waals surface area contributed by atoms with Gasteiger partial charge in [-0.15, -0.1) is 0 Å². The van der Waals surface area contributed by atoms with Crippen LogP contribution in [0, 0.1) is 5.92 Å². The van der Waals surface area contributed by atoms with Crippen LogP contribution < -0.4 is 10.5 Å². The van der Waals surface area contributed by atoms with Gasteiger partial charge in [0.2, 0.25) is 0 Å². The lowest BCUT2D eigenvalue weighted by Crippen LogP contribution is -2.29. The molecule has 0 radical (unpaired) electrons. The van der Waals surface area contributed by atoms with Crippen LogP contribution in [0.15, 0.2) is 24.3 Å². The van der Waals surface area contributed by atoms with Crippen LogP contribution in [0.4, 0.5) is 10.5 Å². The van der Waals surface area contributed by atoms with Gasteiger partial charge in [-0.05, 0) is 57.4 Å². The molecule has 0 aliphatic carbocycles. The van der Waals surface area contributed by atoms with Gasteiger partial charge in [0, 0.05) is 5.56 Å². The van der Waals surface area contributed by atoms with Gasteiger partial charge in [-0.1, -0.05) is 13.8 Å². The van der Waals surface area contributed by atoms with Crippen molar-refractivity contribution < 1.29 is 14.3 Å². The molecule has 0 bridgehead atoms. The van der Waals surface area contributed by atoms with E-state index >= 15 is 0 Å². The molecule has 1 aromatic carbocycles. The predicted octanol–water partition coefficient (Wildman–Crippen LogP) is 4.12. The van der Waals surface area contributed by atoms with E-state index in [2.05, 4.69) is 18.9 Å². The number of carbonyl (C=O) groups excluding carboxylic acids is 1. The van der Waals surface area contributed by atoms with E-state index < -0.39 is 11.7 Å². The zero-order chi connectivity index (χ0) is 18.8. The number of nitrogens with zero attached hydrogens (tertiary/aromatic N) is 2. The van der Waals surface area contributed by atoms with Crippen LogP contribution in [0.5, 0.6) is 5.75 Å². The van der Waals surface area contributed by atoms with Gasteiger partial charge in [0.15, 0.2) is 0 Å². The number of nitrogen functional groups attached to an aromatic ring is 1. The molecule has 0 fully saturated rings. The van der Waals surface area contributed by atoms with Gasteiger partial charge in [0.25, 0.3) is 0 Å². The van der Waals surface area contributed by atoms with Crippen molar-refractivity contribution in [2.45, 2.75) is 46.6 Å². The van der Waals surface area contributed by atoms with E-state index in [9.17, 15) is 4.79 Å². The summed E-state index contributed by atoms with van der Waals surface area (Å²) in [5.41, 5.74) is 8.31. The zero-order valence-electron chi connectivity index (χ0n) is 15.8. The summed E-state index contributed by atoms with van der Waals surface area (Å²) < 4.78 is 11.9. The Labute approximate surface area is 148 Å². The van der Waals surface area contributed by atoms with Crippen molar-refractivity contribution in [2.24, 2.45) is 5.92 Å². The third kappa shape index (κ3) is 4.53. The summed E-state index contributed by atoms with van der Waals surface area (Å²) in [5, 5.41) is 4.45. The molecule has 0 aliphatic heterocycles. The number of methoxy groups -OCH3 is 1. The molecule has 25 heavy (non-hydrogen) atoms. The number of hydrogen-bond donors (Lipinski definition) is 1. The van der Waals surface area contributed by atoms with E-state index in [-0.39, 0.29) is 0 Å². The fraction of sp³-hybridized carbons (Fsp3) is 0.474. The topological polar surface area (TPSA) is 79.4 Å². The number of anilines is 1. The summed E-state index contributed by atoms with van der Waals surface area (Å²) in [5.74, 6) is 1.07. The fourth-order valence-electron chi connectivity index (χ4n) is 2.47. The maximum atomic E-state index is 12.6. The monoisotopic (exact) mass is 345 g/mol. The Morgan fingerprint density at radius 1 is 1.24 bits per heavy atom. The molecule has 136 valence electrons. The summed E-state index contributed by atoms with van der Waals surface area (Å²) in [6.45, 7) is 9.61. The minimum Gasteiger partial charge on any atom is -0.497 e. The first-order valence-electron chi connectivity index (χ1n) is 8.37. The zero-order valence-corrected chi connectivity index (χ0v) is 15.8. The summed E-state index contributed by atoms with van der Waals surface area (Å²) in [6, 6.07) is 7.42. The minimum absolute atomic E-state index is 0.323. The standard InChI is InChI=1S/C19H27N3O3/c1-12(2)11-15-16(20)17(13-7-9-14(24-6)10-8-13)21-22(15)18(23)25-19(3,4)5/h7-10,12H,11,20H2,1-6H3. The number of benzene rings is 1. The second kappa shape index (κ2) is 7.17. The molecule has 0 amide bonds. The molecule has 6 nitrogen and oxygen atoms in total. The number of nitrogens with two attached hydrogens (primary N) is 1. The first kappa shape index (κ1) is 18.8. The Bertz CT molecular complexity index is 741. The molecule has 0 unspecified atom stereocenters. The lowest BCUT2D eigenvalue weighted by molar-refractivity contribution is 0.0509. The Morgan fingerprint density at radius 2 is 1.84 bits per heavy atom. The highest BCUT2D eigenvalue weighted by atomic mass is 16.6. The Kier molecular flexibility index (Phi) is 5.40. The molecule has 2 rings (SSSR count). The number of ether oxygens (including phenoxy) is 2. The van der Waals surface area contributed by atoms with E-state index in [1.54, 1.807) is 7.11 Å². The molecule has 2 N–H and O–H groups in total. The van der Waals surface area contributed by atoms with Gasteiger partial charge in [0.1, 0.15) is 17.0 Å². The van der Waals surface area contributed by atoms with Crippen molar-refractivity contribution in [3.8, 4) is 17.0 Å². The maximum absolute atomic E-state index is 12.6. The highest BCUT2D eigenvalue weighted by Gasteiger charge is 2.25. The van der Waals surface area contributed by atoms with E-state index in [4.69, 9.17) is 15.2 Å². The van der Waals surface area contributed by atoms with Crippen LogP contribution in [0.25, 0.3) is 11.3 Å². The van der Waals surface area contributed by atoms with Crippen LogP contribution in [0.3, 0.4) is 0 Å². The van der Waals surface area contributed by atoms with E-state index in [0.717, 1.165) is 11.3 Å². The molecular formula is C19H27N3O3. The average Bonchev–Trinajstić information content (AvgIpc) is 2.82. The van der Waals surface area contributed by atoms with Crippen molar-refractivity contribution in [2.75, 3.05) is 12.8 Å². The summed E-state index contributed by atoms with van der Waals surface area (Å²) in [4.78, 5) is 12.6. The first-order valence-corrected chi connectivity index (χ1v) is 8.37. The molecule has 0 aliphatic rings. The Balaban J connectivity index is 2.49. The molecule has 2 aromatic rings. The van der Waals surface area contributed by atoms with E-state index in [0.29, 0.717) is 29.4 Å². The van der Waals surface area contributed by atoms with Gasteiger partial charge in [0.05, 0.1) is 18.5 Å². The largest absolute Gasteiger partial charge is 0.497 e. The summed E-state index contributed by atoms with van der Waals surface area (Å²) in [6.07, 6.45) is 0.114. The highest BCUT2D eigenvalue weighted by molar-refractivity contribution is 5.80. The molecule has 1 aromatic heterocycles. The second-order valence-electron chi connectivity index (χ2n) is 7.43. The molecule has 0 atom stereocenters. The van der Waals surface area contributed by atoms with Crippen LogP contribution in [0.2, 0.25) is 0 Å². The van der Waals surface area contributed by atoms with Crippen molar-refractivity contribution in [3.05, 3.63) is 30.0 Å². The quantitative estimate of drug-likeness (QED) is 0.901. The number of aromatic nitrogens is 2. The van der Waals surface area contributed by atoms with Crippen molar-refractivity contribution in [1.82, 2.24) is 9.78 Å². The molecule has 0 saturated carbocycles. The number of rotatable bonds is 4. The lowest BCUT2D eigenvalue weighted by Gasteiger charge is -2.20. The van der Waals surface area contributed by atoms with Crippen molar-refractivity contribution >= 4 is 11.8 Å². The van der Waals surface area contributed by atoms with Gasteiger partial charge >= 0.3 is 6.09 Å². The third-order valence-corrected chi connectivity index (χ3v) is 3.55. The maximum Gasteiger partial charge on any atom is 0.435 e. The molecule has 6 heteroatoms. The van der Waals surface area contributed by atoms with Crippen molar-refractivity contribution in [1.29, 1.82) is 0 Å². The molecule has 1 heterocycles. The Morgan fingerprint density at radius 3 is 2.32 bits per heavy atom. The normalized spacial score (nSPS) is 11.6. The smallest absolute Gasteiger partial charge is 0.435 e. The van der Waals surface area contributed by atoms with Gasteiger partial charge in [-0.3, -0.25) is 0 Å². The summed E-state index contributed by atoms with van der Waals surface area (Å²) in [7, 11) is 1.61. The van der Waals surface area contributed by atoms with Crippen LogP contribution in [0.1, 0.15) is 40.3 Å². The predicted molar refractivity (Wildman–Crippen MR) is 98.8 cm³/mol. The molecular weight excluding hydrogens is 318 g/mol. The van der Waals surface area contributed by atoms with Gasteiger partial charge in [-0.25, -0.2) is 4.79 Å². The number of hydrogen-bond acceptors (Lipinski definition) is 5. The summed E-state index contributed by atoms with van der Waals surface area (Å²) >= 11 is 0. The third-order valence-electron chi connectivity index (χ3n) is 3.55. The van der Waals surface area contributed by atoms with Gasteiger partial charge < -0.3 is 15.2 Å². The van der Waals surface area contributed by atoms with Gasteiger partial charge in [-0.2, -0.15) is 9.78 Å². The van der Waals surface area contributed by atoms with Crippen LogP contribution >= 0.6 is 0 Å². The van der Waals surface area contributed by atoms with E-state index in [1.165, 1.54) is 4.68 Å². The molecule has 0 spiro atoms. The molecule has 0 saturated heterocycles. The first-order chi connectivity index (χ1) is 11.6. The van der Waals surface area contributed by atoms with E-state index in [1.807, 2.05) is 45.0 Å². The SMILES string of the molecule is COc1ccc(-c2nn(C(=O)OC(C)(C)C)c(CC(C)C)c2N)cc1. The van der Waals surface area contributed by atoms with Crippen LogP contribution in [-0.2, 0) is 11.2 Å². The minimum atomic E-state index is -0.604. The highest BCUT2D eigenvalue weighted by Crippen LogP contribution is 2.31. The lowest BCUT2D eigenvalue weighted by atomic mass is 10.0. The Hall–Kier alpha value is -2.50.